The first-order valence-electron chi connectivity index (χ1n) is 6.81. The van der Waals surface area contributed by atoms with Crippen molar-refractivity contribution in [1.82, 2.24) is 10.2 Å². The molecule has 0 aromatic carbocycles. The zero-order valence-corrected chi connectivity index (χ0v) is 13.0. The number of amides is 2. The highest BCUT2D eigenvalue weighted by molar-refractivity contribution is 6.35. The van der Waals surface area contributed by atoms with E-state index in [1.807, 2.05) is 27.7 Å². The molecule has 0 aliphatic heterocycles. The van der Waals surface area contributed by atoms with Gasteiger partial charge in [0.1, 0.15) is 0 Å². The minimum Gasteiger partial charge on any atom is -0.394 e. The van der Waals surface area contributed by atoms with Crippen LogP contribution in [-0.2, 0) is 9.59 Å². The zero-order chi connectivity index (χ0) is 15.2. The smallest absolute Gasteiger partial charge is 0.311 e. The lowest BCUT2D eigenvalue weighted by molar-refractivity contribution is -0.147. The van der Waals surface area contributed by atoms with Gasteiger partial charge in [0.2, 0.25) is 0 Å². The van der Waals surface area contributed by atoms with Crippen molar-refractivity contribution in [2.45, 2.75) is 47.1 Å². The van der Waals surface area contributed by atoms with Gasteiger partial charge in [0.25, 0.3) is 0 Å². The second kappa shape index (κ2) is 7.48. The fourth-order valence-corrected chi connectivity index (χ4v) is 1.67. The van der Waals surface area contributed by atoms with E-state index in [1.54, 1.807) is 18.7 Å². The minimum atomic E-state index is -0.784. The van der Waals surface area contributed by atoms with Crippen LogP contribution in [0.4, 0.5) is 0 Å². The third-order valence-corrected chi connectivity index (χ3v) is 2.50. The summed E-state index contributed by atoms with van der Waals surface area (Å²) in [5.41, 5.74) is -0.784. The zero-order valence-electron chi connectivity index (χ0n) is 13.0. The molecule has 0 radical (unpaired) electrons. The van der Waals surface area contributed by atoms with Gasteiger partial charge in [-0.1, -0.05) is 27.7 Å². The molecule has 0 atom stereocenters. The quantitative estimate of drug-likeness (QED) is 0.709. The maximum atomic E-state index is 12.1. The van der Waals surface area contributed by atoms with Crippen LogP contribution in [0.3, 0.4) is 0 Å². The lowest BCUT2D eigenvalue weighted by Gasteiger charge is -2.28. The molecule has 19 heavy (non-hydrogen) atoms. The van der Waals surface area contributed by atoms with Crippen molar-refractivity contribution in [2.75, 3.05) is 19.7 Å². The molecule has 2 N–H and O–H groups in total. The predicted molar refractivity (Wildman–Crippen MR) is 75.6 cm³/mol. The van der Waals surface area contributed by atoms with Crippen LogP contribution in [0.2, 0.25) is 0 Å². The first kappa shape index (κ1) is 17.9. The van der Waals surface area contributed by atoms with Gasteiger partial charge >= 0.3 is 11.8 Å². The van der Waals surface area contributed by atoms with Crippen LogP contribution in [-0.4, -0.2) is 47.1 Å². The van der Waals surface area contributed by atoms with Gasteiger partial charge in [-0.05, 0) is 25.7 Å². The average molecular weight is 272 g/mol. The molecule has 0 aliphatic carbocycles. The molecular weight excluding hydrogens is 244 g/mol. The summed E-state index contributed by atoms with van der Waals surface area (Å²) in [6, 6.07) is 0. The lowest BCUT2D eigenvalue weighted by Crippen LogP contribution is -2.53. The summed E-state index contributed by atoms with van der Waals surface area (Å²) in [5, 5.41) is 11.7. The number of carbonyl (C=O) groups is 2. The Labute approximate surface area is 116 Å². The van der Waals surface area contributed by atoms with Gasteiger partial charge in [-0.2, -0.15) is 0 Å². The largest absolute Gasteiger partial charge is 0.394 e. The molecule has 0 rings (SSSR count). The Morgan fingerprint density at radius 3 is 1.84 bits per heavy atom. The van der Waals surface area contributed by atoms with Gasteiger partial charge < -0.3 is 15.3 Å². The Balaban J connectivity index is 4.74. The topological polar surface area (TPSA) is 69.6 Å². The number of nitrogens with zero attached hydrogens (tertiary/aromatic N) is 1. The fourth-order valence-electron chi connectivity index (χ4n) is 1.67. The fraction of sp³-hybridized carbons (Fsp3) is 0.857. The van der Waals surface area contributed by atoms with Crippen LogP contribution in [0, 0.1) is 11.8 Å². The molecule has 5 heteroatoms. The maximum Gasteiger partial charge on any atom is 0.311 e. The van der Waals surface area contributed by atoms with E-state index in [0.717, 1.165) is 0 Å². The predicted octanol–water partition coefficient (Wildman–Crippen LogP) is 1.01. The van der Waals surface area contributed by atoms with Crippen LogP contribution in [0.15, 0.2) is 0 Å². The molecule has 0 aromatic rings. The van der Waals surface area contributed by atoms with E-state index in [0.29, 0.717) is 24.9 Å². The van der Waals surface area contributed by atoms with Crippen molar-refractivity contribution in [3.8, 4) is 0 Å². The van der Waals surface area contributed by atoms with Gasteiger partial charge in [-0.25, -0.2) is 0 Å². The summed E-state index contributed by atoms with van der Waals surface area (Å²) in [4.78, 5) is 25.6. The molecule has 0 saturated carbocycles. The Morgan fingerprint density at radius 2 is 1.53 bits per heavy atom. The standard InChI is InChI=1S/C14H28N2O3/c1-10(2)7-16(8-11(3)4)13(19)12(18)15-14(5,6)9-17/h10-11,17H,7-9H2,1-6H3,(H,15,18). The monoisotopic (exact) mass is 272 g/mol. The molecule has 0 saturated heterocycles. The lowest BCUT2D eigenvalue weighted by atomic mass is 10.1. The molecule has 0 bridgehead atoms. The number of rotatable bonds is 6. The second-order valence-electron chi connectivity index (χ2n) is 6.49. The number of hydrogen-bond donors (Lipinski definition) is 2. The van der Waals surface area contributed by atoms with Crippen LogP contribution in [0.25, 0.3) is 0 Å². The number of aliphatic hydroxyl groups is 1. The number of aliphatic hydroxyl groups excluding tert-OH is 1. The first-order valence-corrected chi connectivity index (χ1v) is 6.81. The molecule has 5 nitrogen and oxygen atoms in total. The van der Waals surface area contributed by atoms with E-state index >= 15 is 0 Å². The summed E-state index contributed by atoms with van der Waals surface area (Å²) in [6.45, 7) is 12.3. The van der Waals surface area contributed by atoms with Gasteiger partial charge in [0.15, 0.2) is 0 Å². The highest BCUT2D eigenvalue weighted by atomic mass is 16.3. The van der Waals surface area contributed by atoms with Crippen molar-refractivity contribution in [2.24, 2.45) is 11.8 Å². The SMILES string of the molecule is CC(C)CN(CC(C)C)C(=O)C(=O)NC(C)(C)CO. The van der Waals surface area contributed by atoms with E-state index in [9.17, 15) is 9.59 Å². The molecule has 0 aromatic heterocycles. The molecule has 0 heterocycles. The molecule has 112 valence electrons. The summed E-state index contributed by atoms with van der Waals surface area (Å²) >= 11 is 0. The molecule has 0 fully saturated rings. The van der Waals surface area contributed by atoms with Crippen LogP contribution in [0.5, 0.6) is 0 Å². The minimum absolute atomic E-state index is 0.208. The summed E-state index contributed by atoms with van der Waals surface area (Å²) in [7, 11) is 0. The second-order valence-corrected chi connectivity index (χ2v) is 6.49. The highest BCUT2D eigenvalue weighted by Crippen LogP contribution is 2.06. The van der Waals surface area contributed by atoms with Crippen molar-refractivity contribution < 1.29 is 14.7 Å². The first-order chi connectivity index (χ1) is 8.59. The van der Waals surface area contributed by atoms with E-state index in [-0.39, 0.29) is 6.61 Å². The Kier molecular flexibility index (Phi) is 7.05. The summed E-state index contributed by atoms with van der Waals surface area (Å²) in [5.74, 6) is -0.563. The van der Waals surface area contributed by atoms with Crippen LogP contribution >= 0.6 is 0 Å². The summed E-state index contributed by atoms with van der Waals surface area (Å²) < 4.78 is 0. The van der Waals surface area contributed by atoms with E-state index in [2.05, 4.69) is 5.32 Å². The van der Waals surface area contributed by atoms with Crippen LogP contribution < -0.4 is 5.32 Å². The summed E-state index contributed by atoms with van der Waals surface area (Å²) in [6.07, 6.45) is 0. The number of nitrogens with one attached hydrogen (secondary N) is 1. The normalized spacial score (nSPS) is 11.8. The van der Waals surface area contributed by atoms with Gasteiger partial charge in [-0.15, -0.1) is 0 Å². The third kappa shape index (κ3) is 7.15. The highest BCUT2D eigenvalue weighted by Gasteiger charge is 2.28. The van der Waals surface area contributed by atoms with E-state index < -0.39 is 17.4 Å². The molecule has 0 unspecified atom stereocenters. The molecule has 2 amide bonds. The van der Waals surface area contributed by atoms with Gasteiger partial charge in [0, 0.05) is 13.1 Å². The van der Waals surface area contributed by atoms with Crippen LogP contribution in [0.1, 0.15) is 41.5 Å². The number of carbonyl (C=O) groups excluding carboxylic acids is 2. The molecule has 0 spiro atoms. The average Bonchev–Trinajstić information content (AvgIpc) is 2.25. The number of hydrogen-bond acceptors (Lipinski definition) is 3. The Bertz CT molecular complexity index is 302. The maximum absolute atomic E-state index is 12.1. The van der Waals surface area contributed by atoms with Gasteiger partial charge in [-0.3, -0.25) is 9.59 Å². The van der Waals surface area contributed by atoms with Gasteiger partial charge in [0.05, 0.1) is 12.1 Å². The Morgan fingerprint density at radius 1 is 1.11 bits per heavy atom. The van der Waals surface area contributed by atoms with Crippen molar-refractivity contribution in [3.63, 3.8) is 0 Å². The van der Waals surface area contributed by atoms with Crippen molar-refractivity contribution >= 4 is 11.8 Å². The molecular formula is C14H28N2O3. The van der Waals surface area contributed by atoms with Crippen molar-refractivity contribution in [1.29, 1.82) is 0 Å². The van der Waals surface area contributed by atoms with Crippen molar-refractivity contribution in [3.05, 3.63) is 0 Å². The van der Waals surface area contributed by atoms with E-state index in [1.165, 1.54) is 0 Å². The molecule has 0 aliphatic rings. The Hall–Kier alpha value is -1.10. The van der Waals surface area contributed by atoms with E-state index in [4.69, 9.17) is 5.11 Å². The third-order valence-electron chi connectivity index (χ3n) is 2.50.